The van der Waals surface area contributed by atoms with E-state index in [-0.39, 0.29) is 16.3 Å². The second-order valence-corrected chi connectivity index (χ2v) is 7.42. The molecule has 2 aromatic carbocycles. The quantitative estimate of drug-likeness (QED) is 0.348. The molecule has 33 heavy (non-hydrogen) atoms. The number of nitrogens with zero attached hydrogens (tertiary/aromatic N) is 3. The number of nitrogens with one attached hydrogen (secondary N) is 1. The van der Waals surface area contributed by atoms with E-state index in [9.17, 15) is 18.0 Å². The molecule has 4 rings (SSSR count). The number of hydrogen-bond donors (Lipinski definition) is 1. The lowest BCUT2D eigenvalue weighted by molar-refractivity contribution is -0.137. The number of halogens is 4. The Morgan fingerprint density at radius 3 is 2.18 bits per heavy atom. The van der Waals surface area contributed by atoms with Gasteiger partial charge >= 0.3 is 6.18 Å². The lowest BCUT2D eigenvalue weighted by Gasteiger charge is -2.10. The van der Waals surface area contributed by atoms with Crippen molar-refractivity contribution in [1.29, 1.82) is 0 Å². The molecule has 172 valence electrons. The molecule has 0 fully saturated rings. The summed E-state index contributed by atoms with van der Waals surface area (Å²) in [5.41, 5.74) is 2.50. The van der Waals surface area contributed by atoms with Gasteiger partial charge in [-0.25, -0.2) is 9.67 Å². The van der Waals surface area contributed by atoms with Crippen molar-refractivity contribution in [3.8, 4) is 5.69 Å². The number of alkyl halides is 3. The van der Waals surface area contributed by atoms with Crippen molar-refractivity contribution >= 4 is 34.2 Å². The summed E-state index contributed by atoms with van der Waals surface area (Å²) >= 11 is 6.52. The SMILES string of the molecule is CC.Cc1ccc(-n2nc(C)c3c(Cl)c(C(=O)Nc4ccc(C(F)(F)F)cc4)cnc32)cc1. The monoisotopic (exact) mass is 474 g/mol. The van der Waals surface area contributed by atoms with E-state index >= 15 is 0 Å². The van der Waals surface area contributed by atoms with Crippen LogP contribution in [0.3, 0.4) is 0 Å². The summed E-state index contributed by atoms with van der Waals surface area (Å²) in [4.78, 5) is 17.1. The van der Waals surface area contributed by atoms with E-state index in [1.807, 2.05) is 45.0 Å². The molecule has 0 bridgehead atoms. The van der Waals surface area contributed by atoms with Crippen LogP contribution in [0.15, 0.2) is 54.7 Å². The maximum Gasteiger partial charge on any atom is 0.416 e. The summed E-state index contributed by atoms with van der Waals surface area (Å²) in [6.07, 6.45) is -3.12. The van der Waals surface area contributed by atoms with E-state index in [2.05, 4.69) is 15.4 Å². The maximum absolute atomic E-state index is 12.7. The molecule has 0 saturated heterocycles. The van der Waals surface area contributed by atoms with Crippen molar-refractivity contribution < 1.29 is 18.0 Å². The number of aryl methyl sites for hydroxylation is 2. The lowest BCUT2D eigenvalue weighted by Crippen LogP contribution is -2.13. The van der Waals surface area contributed by atoms with Crippen LogP contribution >= 0.6 is 11.6 Å². The highest BCUT2D eigenvalue weighted by atomic mass is 35.5. The number of pyridine rings is 1. The minimum atomic E-state index is -4.45. The van der Waals surface area contributed by atoms with Gasteiger partial charge in [-0.05, 0) is 50.2 Å². The molecule has 2 heterocycles. The lowest BCUT2D eigenvalue weighted by atomic mass is 10.1. The van der Waals surface area contributed by atoms with Crippen molar-refractivity contribution in [3.05, 3.63) is 82.1 Å². The summed E-state index contributed by atoms with van der Waals surface area (Å²) in [6.45, 7) is 7.74. The Hall–Kier alpha value is -3.39. The number of carbonyl (C=O) groups excluding carboxylic acids is 1. The normalized spacial score (nSPS) is 11.2. The van der Waals surface area contributed by atoms with Crippen molar-refractivity contribution in [2.45, 2.75) is 33.9 Å². The van der Waals surface area contributed by atoms with Crippen LogP contribution < -0.4 is 5.32 Å². The third-order valence-corrected chi connectivity index (χ3v) is 5.19. The first kappa shape index (κ1) is 24.3. The van der Waals surface area contributed by atoms with Crippen LogP contribution in [0.25, 0.3) is 16.7 Å². The highest BCUT2D eigenvalue weighted by Gasteiger charge is 2.30. The molecule has 2 aromatic heterocycles. The van der Waals surface area contributed by atoms with Crippen LogP contribution in [0.5, 0.6) is 0 Å². The van der Waals surface area contributed by atoms with Crippen molar-refractivity contribution in [1.82, 2.24) is 14.8 Å². The van der Waals surface area contributed by atoms with Crippen LogP contribution in [0.4, 0.5) is 18.9 Å². The summed E-state index contributed by atoms with van der Waals surface area (Å²) in [6, 6.07) is 11.9. The molecular weight excluding hydrogens is 453 g/mol. The summed E-state index contributed by atoms with van der Waals surface area (Å²) in [5, 5.41) is 7.75. The Morgan fingerprint density at radius 1 is 1.00 bits per heavy atom. The molecule has 1 amide bonds. The van der Waals surface area contributed by atoms with E-state index in [0.29, 0.717) is 16.7 Å². The standard InChI is InChI=1S/C22H16ClF3N4O.C2H6/c1-12-3-9-16(10-4-12)30-20-18(13(2)29-30)19(23)17(11-27-20)21(31)28-15-7-5-14(6-8-15)22(24,25)26;1-2/h3-11H,1-2H3,(H,28,31);1-2H3. The van der Waals surface area contributed by atoms with Gasteiger partial charge in [0.05, 0.1) is 32.9 Å². The fourth-order valence-electron chi connectivity index (χ4n) is 3.17. The van der Waals surface area contributed by atoms with E-state index < -0.39 is 17.6 Å². The summed E-state index contributed by atoms with van der Waals surface area (Å²) in [7, 11) is 0. The Kier molecular flexibility index (Phi) is 7.07. The highest BCUT2D eigenvalue weighted by molar-refractivity contribution is 6.39. The zero-order chi connectivity index (χ0) is 24.3. The van der Waals surface area contributed by atoms with Crippen LogP contribution in [0.1, 0.15) is 41.0 Å². The van der Waals surface area contributed by atoms with Crippen molar-refractivity contribution in [3.63, 3.8) is 0 Å². The number of hydrogen-bond acceptors (Lipinski definition) is 3. The van der Waals surface area contributed by atoms with Crippen molar-refractivity contribution in [2.24, 2.45) is 0 Å². The van der Waals surface area contributed by atoms with Crippen LogP contribution in [-0.4, -0.2) is 20.7 Å². The number of amides is 1. The molecule has 0 aliphatic heterocycles. The van der Waals surface area contributed by atoms with Crippen LogP contribution in [-0.2, 0) is 6.18 Å². The van der Waals surface area contributed by atoms with Gasteiger partial charge in [0.2, 0.25) is 0 Å². The molecule has 0 unspecified atom stereocenters. The first-order valence-corrected chi connectivity index (χ1v) is 10.6. The van der Waals surface area contributed by atoms with E-state index in [1.165, 1.54) is 18.3 Å². The molecule has 0 aliphatic carbocycles. The zero-order valence-electron chi connectivity index (χ0n) is 18.5. The largest absolute Gasteiger partial charge is 0.416 e. The van der Waals surface area contributed by atoms with Gasteiger partial charge in [-0.3, -0.25) is 4.79 Å². The fourth-order valence-corrected chi connectivity index (χ4v) is 3.53. The number of aromatic nitrogens is 3. The van der Waals surface area contributed by atoms with Gasteiger partial charge in [0.15, 0.2) is 5.65 Å². The van der Waals surface area contributed by atoms with Gasteiger partial charge in [0.25, 0.3) is 5.91 Å². The first-order chi connectivity index (χ1) is 15.6. The van der Waals surface area contributed by atoms with Crippen LogP contribution in [0, 0.1) is 13.8 Å². The number of rotatable bonds is 3. The minimum Gasteiger partial charge on any atom is -0.322 e. The summed E-state index contributed by atoms with van der Waals surface area (Å²) in [5.74, 6) is -0.582. The predicted octanol–water partition coefficient (Wildman–Crippen LogP) is 6.99. The third kappa shape index (κ3) is 5.01. The Bertz CT molecular complexity index is 1280. The van der Waals surface area contributed by atoms with E-state index in [1.54, 1.807) is 11.6 Å². The minimum absolute atomic E-state index is 0.0978. The second kappa shape index (κ2) is 9.62. The Morgan fingerprint density at radius 2 is 1.61 bits per heavy atom. The predicted molar refractivity (Wildman–Crippen MR) is 124 cm³/mol. The fraction of sp³-hybridized carbons (Fsp3) is 0.208. The average molecular weight is 475 g/mol. The second-order valence-electron chi connectivity index (χ2n) is 7.05. The number of fused-ring (bicyclic) bond motifs is 1. The Balaban J connectivity index is 0.00000149. The third-order valence-electron chi connectivity index (χ3n) is 4.80. The zero-order valence-corrected chi connectivity index (χ0v) is 19.2. The number of carbonyl (C=O) groups is 1. The molecule has 0 aliphatic rings. The molecule has 9 heteroatoms. The molecule has 0 atom stereocenters. The number of anilines is 1. The van der Waals surface area contributed by atoms with Gasteiger partial charge in [-0.1, -0.05) is 43.1 Å². The Labute approximate surface area is 194 Å². The van der Waals surface area contributed by atoms with Crippen LogP contribution in [0.2, 0.25) is 5.02 Å². The molecule has 5 nitrogen and oxygen atoms in total. The molecule has 0 saturated carbocycles. The molecule has 1 N–H and O–H groups in total. The summed E-state index contributed by atoms with van der Waals surface area (Å²) < 4.78 is 39.8. The molecule has 0 spiro atoms. The van der Waals surface area contributed by atoms with E-state index in [4.69, 9.17) is 11.6 Å². The highest BCUT2D eigenvalue weighted by Crippen LogP contribution is 2.32. The molecular formula is C24H22ClF3N4O. The van der Waals surface area contributed by atoms with Gasteiger partial charge in [-0.2, -0.15) is 18.3 Å². The van der Waals surface area contributed by atoms with Gasteiger partial charge in [0.1, 0.15) is 0 Å². The topological polar surface area (TPSA) is 59.8 Å². The number of benzene rings is 2. The molecule has 0 radical (unpaired) electrons. The van der Waals surface area contributed by atoms with Gasteiger partial charge < -0.3 is 5.32 Å². The van der Waals surface area contributed by atoms with E-state index in [0.717, 1.165) is 23.4 Å². The molecule has 4 aromatic rings. The van der Waals surface area contributed by atoms with Crippen molar-refractivity contribution in [2.75, 3.05) is 5.32 Å². The average Bonchev–Trinajstić information content (AvgIpc) is 3.13. The smallest absolute Gasteiger partial charge is 0.322 e. The maximum atomic E-state index is 12.7. The first-order valence-electron chi connectivity index (χ1n) is 10.2. The van der Waals surface area contributed by atoms with Gasteiger partial charge in [-0.15, -0.1) is 0 Å². The van der Waals surface area contributed by atoms with Gasteiger partial charge in [0, 0.05) is 11.9 Å².